The average molecular weight is 216 g/mol. The van der Waals surface area contributed by atoms with E-state index < -0.39 is 0 Å². The van der Waals surface area contributed by atoms with Crippen LogP contribution in [0.4, 0.5) is 0 Å². The first-order valence-electron chi connectivity index (χ1n) is 5.94. The lowest BCUT2D eigenvalue weighted by molar-refractivity contribution is 0.203. The van der Waals surface area contributed by atoms with Crippen LogP contribution >= 0.6 is 0 Å². The summed E-state index contributed by atoms with van der Waals surface area (Å²) in [5.74, 6) is 1.18. The highest BCUT2D eigenvalue weighted by molar-refractivity contribution is 4.73. The lowest BCUT2D eigenvalue weighted by atomic mass is 9.89. The Bertz CT molecular complexity index is 158. The highest BCUT2D eigenvalue weighted by Gasteiger charge is 2.18. The summed E-state index contributed by atoms with van der Waals surface area (Å²) in [6.07, 6.45) is 0.842. The van der Waals surface area contributed by atoms with E-state index in [1.165, 1.54) is 0 Å². The molecule has 0 radical (unpaired) electrons. The number of hydrogen-bond acceptors (Lipinski definition) is 3. The van der Waals surface area contributed by atoms with E-state index in [9.17, 15) is 0 Å². The van der Waals surface area contributed by atoms with Crippen molar-refractivity contribution in [2.24, 2.45) is 23.0 Å². The molecular formula is C12H28N2O. The first-order chi connectivity index (χ1) is 6.93. The molecule has 0 aliphatic carbocycles. The first kappa shape index (κ1) is 14.9. The van der Waals surface area contributed by atoms with E-state index in [1.807, 2.05) is 0 Å². The number of rotatable bonds is 8. The fourth-order valence-electron chi connectivity index (χ4n) is 1.58. The third-order valence-corrected chi connectivity index (χ3v) is 3.04. The lowest BCUT2D eigenvalue weighted by Gasteiger charge is -2.26. The molecule has 15 heavy (non-hydrogen) atoms. The van der Waals surface area contributed by atoms with Crippen molar-refractivity contribution in [2.75, 3.05) is 26.2 Å². The Hall–Kier alpha value is -0.120. The molecular weight excluding hydrogens is 188 g/mol. The molecule has 0 aliphatic heterocycles. The quantitative estimate of drug-likeness (QED) is 0.572. The zero-order valence-corrected chi connectivity index (χ0v) is 10.7. The summed E-state index contributed by atoms with van der Waals surface area (Å²) in [6, 6.07) is 0. The van der Waals surface area contributed by atoms with Crippen LogP contribution in [0.25, 0.3) is 0 Å². The van der Waals surface area contributed by atoms with E-state index >= 15 is 0 Å². The maximum atomic E-state index is 8.90. The number of nitrogens with one attached hydrogen (secondary N) is 1. The normalized spacial score (nSPS) is 14.6. The molecule has 0 rings (SSSR count). The van der Waals surface area contributed by atoms with Gasteiger partial charge in [-0.05, 0) is 36.8 Å². The highest BCUT2D eigenvalue weighted by Crippen LogP contribution is 2.18. The Labute approximate surface area is 94.4 Å². The van der Waals surface area contributed by atoms with Crippen molar-refractivity contribution in [3.8, 4) is 0 Å². The minimum atomic E-state index is 0.172. The van der Waals surface area contributed by atoms with Gasteiger partial charge in [-0.3, -0.25) is 0 Å². The van der Waals surface area contributed by atoms with Gasteiger partial charge in [0.1, 0.15) is 0 Å². The van der Waals surface area contributed by atoms with Crippen LogP contribution in [0.3, 0.4) is 0 Å². The molecule has 0 fully saturated rings. The Morgan fingerprint density at radius 2 is 1.93 bits per heavy atom. The predicted octanol–water partition coefficient (Wildman–Crippen LogP) is 1.22. The molecule has 0 saturated carbocycles. The zero-order valence-electron chi connectivity index (χ0n) is 10.7. The molecule has 0 spiro atoms. The maximum Gasteiger partial charge on any atom is 0.0436 e. The van der Waals surface area contributed by atoms with Gasteiger partial charge in [-0.15, -0.1) is 0 Å². The Morgan fingerprint density at radius 1 is 1.33 bits per heavy atom. The second kappa shape index (κ2) is 7.20. The zero-order chi connectivity index (χ0) is 11.9. The molecule has 92 valence electrons. The number of aliphatic hydroxyl groups excluding tert-OH is 1. The Balaban J connectivity index is 3.76. The van der Waals surface area contributed by atoms with Crippen LogP contribution in [0.5, 0.6) is 0 Å². The third kappa shape index (κ3) is 6.88. The number of hydrogen-bond donors (Lipinski definition) is 3. The summed E-state index contributed by atoms with van der Waals surface area (Å²) in [6.45, 7) is 11.7. The monoisotopic (exact) mass is 216 g/mol. The molecule has 0 aromatic heterocycles. The SMILES string of the molecule is CC(C)C(CN)CNCC(C)(C)CCO. The topological polar surface area (TPSA) is 58.3 Å². The van der Waals surface area contributed by atoms with Gasteiger partial charge in [0.2, 0.25) is 0 Å². The smallest absolute Gasteiger partial charge is 0.0436 e. The number of nitrogens with two attached hydrogens (primary N) is 1. The average Bonchev–Trinajstić information content (AvgIpc) is 2.11. The fourth-order valence-corrected chi connectivity index (χ4v) is 1.58. The predicted molar refractivity (Wildman–Crippen MR) is 65.7 cm³/mol. The maximum absolute atomic E-state index is 8.90. The van der Waals surface area contributed by atoms with Crippen LogP contribution in [0.1, 0.15) is 34.1 Å². The van der Waals surface area contributed by atoms with Crippen molar-refractivity contribution in [2.45, 2.75) is 34.1 Å². The number of aliphatic hydroxyl groups is 1. The third-order valence-electron chi connectivity index (χ3n) is 3.04. The molecule has 0 bridgehead atoms. The van der Waals surface area contributed by atoms with Crippen molar-refractivity contribution in [1.82, 2.24) is 5.32 Å². The van der Waals surface area contributed by atoms with Gasteiger partial charge in [0.25, 0.3) is 0 Å². The summed E-state index contributed by atoms with van der Waals surface area (Å²) in [7, 11) is 0. The lowest BCUT2D eigenvalue weighted by Crippen LogP contribution is -2.37. The van der Waals surface area contributed by atoms with Crippen molar-refractivity contribution in [3.05, 3.63) is 0 Å². The standard InChI is InChI=1S/C12H28N2O/c1-10(2)11(7-13)8-14-9-12(3,4)5-6-15/h10-11,14-15H,5-9,13H2,1-4H3. The molecule has 3 nitrogen and oxygen atoms in total. The van der Waals surface area contributed by atoms with E-state index in [-0.39, 0.29) is 12.0 Å². The van der Waals surface area contributed by atoms with E-state index in [0.29, 0.717) is 11.8 Å². The van der Waals surface area contributed by atoms with Gasteiger partial charge in [-0.2, -0.15) is 0 Å². The highest BCUT2D eigenvalue weighted by atomic mass is 16.3. The van der Waals surface area contributed by atoms with Crippen molar-refractivity contribution < 1.29 is 5.11 Å². The molecule has 0 aromatic carbocycles. The van der Waals surface area contributed by atoms with E-state index in [4.69, 9.17) is 10.8 Å². The summed E-state index contributed by atoms with van der Waals surface area (Å²) >= 11 is 0. The molecule has 0 heterocycles. The molecule has 0 aromatic rings. The van der Waals surface area contributed by atoms with Crippen LogP contribution < -0.4 is 11.1 Å². The minimum Gasteiger partial charge on any atom is -0.396 e. The van der Waals surface area contributed by atoms with Gasteiger partial charge < -0.3 is 16.2 Å². The van der Waals surface area contributed by atoms with Gasteiger partial charge >= 0.3 is 0 Å². The van der Waals surface area contributed by atoms with Crippen molar-refractivity contribution in [3.63, 3.8) is 0 Å². The van der Waals surface area contributed by atoms with Gasteiger partial charge in [0.05, 0.1) is 0 Å². The second-order valence-corrected chi connectivity index (χ2v) is 5.51. The summed E-state index contributed by atoms with van der Waals surface area (Å²) in [5, 5.41) is 12.3. The molecule has 1 unspecified atom stereocenters. The van der Waals surface area contributed by atoms with E-state index in [0.717, 1.165) is 26.1 Å². The molecule has 0 aliphatic rings. The van der Waals surface area contributed by atoms with E-state index in [2.05, 4.69) is 33.0 Å². The molecule has 0 saturated heterocycles. The van der Waals surface area contributed by atoms with Crippen LogP contribution in [0.15, 0.2) is 0 Å². The largest absolute Gasteiger partial charge is 0.396 e. The van der Waals surface area contributed by atoms with Crippen molar-refractivity contribution in [1.29, 1.82) is 0 Å². The summed E-state index contributed by atoms with van der Waals surface area (Å²) in [5.41, 5.74) is 5.87. The van der Waals surface area contributed by atoms with Crippen LogP contribution in [0, 0.1) is 17.3 Å². The van der Waals surface area contributed by atoms with Gasteiger partial charge in [-0.25, -0.2) is 0 Å². The van der Waals surface area contributed by atoms with Gasteiger partial charge in [-0.1, -0.05) is 27.7 Å². The molecule has 0 amide bonds. The Morgan fingerprint density at radius 3 is 2.33 bits per heavy atom. The summed E-state index contributed by atoms with van der Waals surface area (Å²) in [4.78, 5) is 0. The Kier molecular flexibility index (Phi) is 7.14. The van der Waals surface area contributed by atoms with Gasteiger partial charge in [0, 0.05) is 13.2 Å². The minimum absolute atomic E-state index is 0.172. The van der Waals surface area contributed by atoms with Gasteiger partial charge in [0.15, 0.2) is 0 Å². The van der Waals surface area contributed by atoms with E-state index in [1.54, 1.807) is 0 Å². The molecule has 3 heteroatoms. The van der Waals surface area contributed by atoms with Crippen LogP contribution in [-0.2, 0) is 0 Å². The summed E-state index contributed by atoms with van der Waals surface area (Å²) < 4.78 is 0. The molecule has 4 N–H and O–H groups in total. The first-order valence-corrected chi connectivity index (χ1v) is 5.94. The van der Waals surface area contributed by atoms with Crippen molar-refractivity contribution >= 4 is 0 Å². The second-order valence-electron chi connectivity index (χ2n) is 5.51. The molecule has 1 atom stereocenters. The fraction of sp³-hybridized carbons (Fsp3) is 1.00. The van der Waals surface area contributed by atoms with Crippen LogP contribution in [0.2, 0.25) is 0 Å². The van der Waals surface area contributed by atoms with Crippen LogP contribution in [-0.4, -0.2) is 31.3 Å².